The number of benzene rings is 1. The molecule has 0 saturated carbocycles. The molecule has 0 fully saturated rings. The van der Waals surface area contributed by atoms with Gasteiger partial charge in [-0.1, -0.05) is 23.2 Å². The molecular weight excluding hydrogens is 293 g/mol. The normalized spacial score (nSPS) is 13.7. The lowest BCUT2D eigenvalue weighted by atomic mass is 10.0. The fourth-order valence-electron chi connectivity index (χ4n) is 1.43. The van der Waals surface area contributed by atoms with Crippen LogP contribution in [0.2, 0.25) is 10.0 Å². The highest BCUT2D eigenvalue weighted by molar-refractivity contribution is 6.35. The summed E-state index contributed by atoms with van der Waals surface area (Å²) in [5, 5.41) is 21.3. The van der Waals surface area contributed by atoms with E-state index in [1.165, 1.54) is 19.1 Å². The van der Waals surface area contributed by atoms with Crippen molar-refractivity contribution in [2.45, 2.75) is 18.9 Å². The number of hydrogen-bond donors (Lipinski definition) is 3. The lowest BCUT2D eigenvalue weighted by molar-refractivity contribution is -0.141. The Kier molecular flexibility index (Phi) is 5.17. The Morgan fingerprint density at radius 2 is 2.00 bits per heavy atom. The zero-order valence-corrected chi connectivity index (χ0v) is 11.6. The number of aliphatic hydroxyl groups is 1. The van der Waals surface area contributed by atoms with E-state index in [9.17, 15) is 14.7 Å². The highest BCUT2D eigenvalue weighted by Gasteiger charge is 2.25. The average Bonchev–Trinajstić information content (AvgIpc) is 2.27. The number of nitrogens with one attached hydrogen (secondary N) is 1. The van der Waals surface area contributed by atoms with Crippen LogP contribution in [-0.4, -0.2) is 34.2 Å². The Labute approximate surface area is 120 Å². The van der Waals surface area contributed by atoms with Gasteiger partial charge in [-0.25, -0.2) is 0 Å². The lowest BCUT2D eigenvalue weighted by Crippen LogP contribution is -2.42. The summed E-state index contributed by atoms with van der Waals surface area (Å²) < 4.78 is 0. The topological polar surface area (TPSA) is 86.6 Å². The summed E-state index contributed by atoms with van der Waals surface area (Å²) in [5.74, 6) is -1.68. The van der Waals surface area contributed by atoms with Gasteiger partial charge in [-0.3, -0.25) is 9.59 Å². The van der Waals surface area contributed by atoms with Gasteiger partial charge >= 0.3 is 5.97 Å². The molecule has 1 atom stereocenters. The molecule has 0 radical (unpaired) electrons. The van der Waals surface area contributed by atoms with Crippen molar-refractivity contribution in [3.8, 4) is 0 Å². The number of carboxylic acid groups (broad SMARTS) is 1. The van der Waals surface area contributed by atoms with E-state index in [0.29, 0.717) is 5.02 Å². The summed E-state index contributed by atoms with van der Waals surface area (Å²) in [5.41, 5.74) is -1.37. The van der Waals surface area contributed by atoms with Gasteiger partial charge in [0.2, 0.25) is 0 Å². The van der Waals surface area contributed by atoms with E-state index >= 15 is 0 Å². The number of rotatable bonds is 5. The van der Waals surface area contributed by atoms with E-state index in [-0.39, 0.29) is 17.1 Å². The summed E-state index contributed by atoms with van der Waals surface area (Å²) in [6.07, 6.45) is -0.476. The molecule has 5 nitrogen and oxygen atoms in total. The van der Waals surface area contributed by atoms with Crippen LogP contribution < -0.4 is 5.32 Å². The molecule has 0 spiro atoms. The van der Waals surface area contributed by atoms with E-state index in [0.717, 1.165) is 0 Å². The highest BCUT2D eigenvalue weighted by atomic mass is 35.5. The van der Waals surface area contributed by atoms with E-state index in [1.807, 2.05) is 0 Å². The number of halogens is 2. The van der Waals surface area contributed by atoms with Crippen molar-refractivity contribution in [1.29, 1.82) is 0 Å². The van der Waals surface area contributed by atoms with Gasteiger partial charge in [0.05, 0.1) is 22.6 Å². The highest BCUT2D eigenvalue weighted by Crippen LogP contribution is 2.20. The molecule has 0 saturated heterocycles. The minimum atomic E-state index is -1.54. The second-order valence-corrected chi connectivity index (χ2v) is 5.22. The van der Waals surface area contributed by atoms with Crippen molar-refractivity contribution in [1.82, 2.24) is 5.32 Å². The smallest absolute Gasteiger partial charge is 0.306 e. The molecular formula is C12H13Cl2NO4. The molecule has 0 bridgehead atoms. The zero-order chi connectivity index (χ0) is 14.6. The summed E-state index contributed by atoms with van der Waals surface area (Å²) in [6, 6.07) is 4.42. The summed E-state index contributed by atoms with van der Waals surface area (Å²) in [4.78, 5) is 22.4. The minimum absolute atomic E-state index is 0.167. The summed E-state index contributed by atoms with van der Waals surface area (Å²) in [6.45, 7) is 1.11. The van der Waals surface area contributed by atoms with Gasteiger partial charge in [0, 0.05) is 11.6 Å². The molecule has 0 aromatic heterocycles. The molecule has 3 N–H and O–H groups in total. The number of carboxylic acids is 1. The number of amides is 1. The summed E-state index contributed by atoms with van der Waals surface area (Å²) in [7, 11) is 0. The second kappa shape index (κ2) is 6.23. The first-order valence-corrected chi connectivity index (χ1v) is 6.14. The Balaban J connectivity index is 2.70. The van der Waals surface area contributed by atoms with Crippen molar-refractivity contribution in [3.63, 3.8) is 0 Å². The fraction of sp³-hybridized carbons (Fsp3) is 0.333. The number of aliphatic carboxylic acids is 1. The van der Waals surface area contributed by atoms with Gasteiger partial charge in [-0.15, -0.1) is 0 Å². The number of carbonyl (C=O) groups excluding carboxylic acids is 1. The third-order valence-electron chi connectivity index (χ3n) is 2.33. The van der Waals surface area contributed by atoms with Crippen molar-refractivity contribution < 1.29 is 19.8 Å². The molecule has 1 rings (SSSR count). The SMILES string of the molecule is CC(O)(CNC(=O)c1cc(Cl)ccc1Cl)CC(=O)O. The third kappa shape index (κ3) is 5.06. The molecule has 0 aliphatic rings. The van der Waals surface area contributed by atoms with Crippen molar-refractivity contribution in [2.24, 2.45) is 0 Å². The first-order valence-electron chi connectivity index (χ1n) is 5.39. The Bertz CT molecular complexity index is 503. The Hall–Kier alpha value is -1.30. The molecule has 1 aromatic carbocycles. The first-order chi connectivity index (χ1) is 8.71. The van der Waals surface area contributed by atoms with Crippen LogP contribution >= 0.6 is 23.2 Å². The third-order valence-corrected chi connectivity index (χ3v) is 2.90. The minimum Gasteiger partial charge on any atom is -0.481 e. The standard InChI is InChI=1S/C12H13Cl2NO4/c1-12(19,5-10(16)17)6-15-11(18)8-4-7(13)2-3-9(8)14/h2-4,19H,5-6H2,1H3,(H,15,18)(H,16,17). The van der Waals surface area contributed by atoms with Crippen LogP contribution in [0.3, 0.4) is 0 Å². The van der Waals surface area contributed by atoms with Gasteiger partial charge in [-0.05, 0) is 25.1 Å². The quantitative estimate of drug-likeness (QED) is 0.776. The Morgan fingerprint density at radius 3 is 2.58 bits per heavy atom. The maximum Gasteiger partial charge on any atom is 0.306 e. The van der Waals surface area contributed by atoms with E-state index < -0.39 is 23.9 Å². The van der Waals surface area contributed by atoms with Gasteiger partial charge < -0.3 is 15.5 Å². The lowest BCUT2D eigenvalue weighted by Gasteiger charge is -2.21. The van der Waals surface area contributed by atoms with E-state index in [1.54, 1.807) is 6.07 Å². The van der Waals surface area contributed by atoms with Gasteiger partial charge in [0.25, 0.3) is 5.91 Å². The molecule has 1 unspecified atom stereocenters. The predicted molar refractivity (Wildman–Crippen MR) is 71.7 cm³/mol. The van der Waals surface area contributed by atoms with E-state index in [2.05, 4.69) is 5.32 Å². The monoisotopic (exact) mass is 305 g/mol. The largest absolute Gasteiger partial charge is 0.481 e. The maximum absolute atomic E-state index is 11.8. The van der Waals surface area contributed by atoms with Crippen LogP contribution in [0.15, 0.2) is 18.2 Å². The van der Waals surface area contributed by atoms with Crippen LogP contribution in [0.4, 0.5) is 0 Å². The number of carbonyl (C=O) groups is 2. The van der Waals surface area contributed by atoms with Crippen molar-refractivity contribution in [2.75, 3.05) is 6.54 Å². The molecule has 104 valence electrons. The van der Waals surface area contributed by atoms with E-state index in [4.69, 9.17) is 28.3 Å². The predicted octanol–water partition coefficient (Wildman–Crippen LogP) is 1.95. The number of hydrogen-bond acceptors (Lipinski definition) is 3. The summed E-state index contributed by atoms with van der Waals surface area (Å²) >= 11 is 11.6. The van der Waals surface area contributed by atoms with Gasteiger partial charge in [0.1, 0.15) is 0 Å². The van der Waals surface area contributed by atoms with Crippen LogP contribution in [0.5, 0.6) is 0 Å². The molecule has 1 amide bonds. The van der Waals surface area contributed by atoms with Crippen molar-refractivity contribution >= 4 is 35.1 Å². The van der Waals surface area contributed by atoms with Crippen LogP contribution in [0, 0.1) is 0 Å². The zero-order valence-electron chi connectivity index (χ0n) is 10.1. The van der Waals surface area contributed by atoms with Crippen LogP contribution in [0.1, 0.15) is 23.7 Å². The Morgan fingerprint density at radius 1 is 1.37 bits per heavy atom. The molecule has 19 heavy (non-hydrogen) atoms. The second-order valence-electron chi connectivity index (χ2n) is 4.37. The van der Waals surface area contributed by atoms with Gasteiger partial charge in [0.15, 0.2) is 0 Å². The average molecular weight is 306 g/mol. The van der Waals surface area contributed by atoms with Crippen LogP contribution in [-0.2, 0) is 4.79 Å². The molecule has 0 aliphatic carbocycles. The van der Waals surface area contributed by atoms with Crippen molar-refractivity contribution in [3.05, 3.63) is 33.8 Å². The first kappa shape index (κ1) is 15.8. The molecule has 0 aliphatic heterocycles. The van der Waals surface area contributed by atoms with Crippen LogP contribution in [0.25, 0.3) is 0 Å². The molecule has 0 heterocycles. The molecule has 7 heteroatoms. The maximum atomic E-state index is 11.8. The van der Waals surface area contributed by atoms with Gasteiger partial charge in [-0.2, -0.15) is 0 Å². The molecule has 1 aromatic rings. The fourth-order valence-corrected chi connectivity index (χ4v) is 1.80.